The van der Waals surface area contributed by atoms with E-state index >= 15 is 0 Å². The van der Waals surface area contributed by atoms with Gasteiger partial charge in [-0.15, -0.1) is 0 Å². The molecule has 4 nitrogen and oxygen atoms in total. The van der Waals surface area contributed by atoms with Gasteiger partial charge in [0.15, 0.2) is 0 Å². The van der Waals surface area contributed by atoms with Crippen molar-refractivity contribution >= 4 is 10.9 Å². The summed E-state index contributed by atoms with van der Waals surface area (Å²) in [4.78, 5) is 16.9. The Kier molecular flexibility index (Phi) is 3.37. The Hall–Kier alpha value is -2.62. The predicted octanol–water partition coefficient (Wildman–Crippen LogP) is 3.33. The molecule has 3 aromatic rings. The maximum Gasteiger partial charge on any atom is 0.348 e. The highest BCUT2D eigenvalue weighted by Crippen LogP contribution is 2.41. The van der Waals surface area contributed by atoms with Crippen molar-refractivity contribution in [1.82, 2.24) is 9.55 Å². The first-order chi connectivity index (χ1) is 11.3. The Balaban J connectivity index is 1.81. The fourth-order valence-electron chi connectivity index (χ4n) is 2.99. The lowest BCUT2D eigenvalue weighted by molar-refractivity contribution is 0.414. The van der Waals surface area contributed by atoms with Gasteiger partial charge >= 0.3 is 5.69 Å². The van der Waals surface area contributed by atoms with E-state index in [-0.39, 0.29) is 5.69 Å². The maximum atomic E-state index is 12.5. The molecule has 0 bridgehead atoms. The zero-order valence-electron chi connectivity index (χ0n) is 13.0. The fourth-order valence-corrected chi connectivity index (χ4v) is 2.99. The van der Waals surface area contributed by atoms with Crippen molar-refractivity contribution in [3.63, 3.8) is 0 Å². The van der Waals surface area contributed by atoms with Crippen molar-refractivity contribution in [1.29, 1.82) is 0 Å². The van der Waals surface area contributed by atoms with E-state index in [4.69, 9.17) is 4.74 Å². The van der Waals surface area contributed by atoms with Gasteiger partial charge in [0.1, 0.15) is 5.75 Å². The minimum Gasteiger partial charge on any atom is -0.497 e. The minimum absolute atomic E-state index is 0.165. The molecular weight excluding hydrogens is 288 g/mol. The van der Waals surface area contributed by atoms with Gasteiger partial charge in [-0.05, 0) is 36.6 Å². The van der Waals surface area contributed by atoms with Crippen LogP contribution in [-0.4, -0.2) is 16.7 Å². The third-order valence-corrected chi connectivity index (χ3v) is 4.38. The SMILES string of the molecule is COc1ccc(Cn2c(=O)nc(C3CC3)c3ccccc32)cc1. The van der Waals surface area contributed by atoms with Crippen LogP contribution in [0.2, 0.25) is 0 Å². The summed E-state index contributed by atoms with van der Waals surface area (Å²) in [5.41, 5.74) is 2.82. The zero-order valence-corrected chi connectivity index (χ0v) is 13.0. The second-order valence-corrected chi connectivity index (χ2v) is 6.01. The van der Waals surface area contributed by atoms with Crippen molar-refractivity contribution in [2.24, 2.45) is 0 Å². The Morgan fingerprint density at radius 2 is 1.87 bits per heavy atom. The summed E-state index contributed by atoms with van der Waals surface area (Å²) in [6.45, 7) is 0.515. The highest BCUT2D eigenvalue weighted by molar-refractivity contribution is 5.82. The van der Waals surface area contributed by atoms with E-state index in [1.165, 1.54) is 0 Å². The summed E-state index contributed by atoms with van der Waals surface area (Å²) < 4.78 is 6.93. The number of fused-ring (bicyclic) bond motifs is 1. The number of hydrogen-bond acceptors (Lipinski definition) is 3. The molecule has 0 radical (unpaired) electrons. The molecule has 1 heterocycles. The lowest BCUT2D eigenvalue weighted by Gasteiger charge is -2.12. The van der Waals surface area contributed by atoms with Crippen LogP contribution < -0.4 is 10.4 Å². The van der Waals surface area contributed by atoms with Crippen LogP contribution >= 0.6 is 0 Å². The van der Waals surface area contributed by atoms with E-state index in [0.717, 1.165) is 40.8 Å². The van der Waals surface area contributed by atoms with E-state index in [0.29, 0.717) is 12.5 Å². The first-order valence-electron chi connectivity index (χ1n) is 7.88. The van der Waals surface area contributed by atoms with Gasteiger partial charge in [0, 0.05) is 11.3 Å². The third-order valence-electron chi connectivity index (χ3n) is 4.38. The van der Waals surface area contributed by atoms with Crippen LogP contribution in [-0.2, 0) is 6.54 Å². The Bertz CT molecular complexity index is 909. The molecule has 1 aromatic heterocycles. The molecule has 0 spiro atoms. The van der Waals surface area contributed by atoms with Gasteiger partial charge in [-0.2, -0.15) is 4.98 Å². The van der Waals surface area contributed by atoms with Crippen LogP contribution in [0.3, 0.4) is 0 Å². The molecular formula is C19H18N2O2. The average Bonchev–Trinajstić information content (AvgIpc) is 3.42. The Labute approximate surface area is 134 Å². The lowest BCUT2D eigenvalue weighted by Crippen LogP contribution is -2.25. The van der Waals surface area contributed by atoms with E-state index < -0.39 is 0 Å². The molecule has 0 saturated heterocycles. The smallest absolute Gasteiger partial charge is 0.348 e. The third kappa shape index (κ3) is 2.61. The molecule has 1 saturated carbocycles. The zero-order chi connectivity index (χ0) is 15.8. The summed E-state index contributed by atoms with van der Waals surface area (Å²) in [6.07, 6.45) is 2.28. The van der Waals surface area contributed by atoms with Crippen LogP contribution in [0.25, 0.3) is 10.9 Å². The summed E-state index contributed by atoms with van der Waals surface area (Å²) in [5.74, 6) is 1.27. The number of benzene rings is 2. The number of aromatic nitrogens is 2. The summed E-state index contributed by atoms with van der Waals surface area (Å²) >= 11 is 0. The molecule has 2 aromatic carbocycles. The number of methoxy groups -OCH3 is 1. The van der Waals surface area contributed by atoms with Crippen LogP contribution in [0.5, 0.6) is 5.75 Å². The molecule has 4 heteroatoms. The minimum atomic E-state index is -0.165. The van der Waals surface area contributed by atoms with Gasteiger partial charge < -0.3 is 4.74 Å². The molecule has 0 N–H and O–H groups in total. The lowest BCUT2D eigenvalue weighted by atomic mass is 10.1. The Morgan fingerprint density at radius 3 is 2.57 bits per heavy atom. The van der Waals surface area contributed by atoms with Crippen molar-refractivity contribution in [3.05, 3.63) is 70.3 Å². The first-order valence-corrected chi connectivity index (χ1v) is 7.88. The summed E-state index contributed by atoms with van der Waals surface area (Å²) in [7, 11) is 1.65. The van der Waals surface area contributed by atoms with Gasteiger partial charge in [0.05, 0.1) is 24.9 Å². The number of nitrogens with zero attached hydrogens (tertiary/aromatic N) is 2. The van der Waals surface area contributed by atoms with Crippen LogP contribution in [0.15, 0.2) is 53.3 Å². The molecule has 4 rings (SSSR count). The number of ether oxygens (including phenoxy) is 1. The highest BCUT2D eigenvalue weighted by Gasteiger charge is 2.28. The quantitative estimate of drug-likeness (QED) is 0.742. The average molecular weight is 306 g/mol. The number of hydrogen-bond donors (Lipinski definition) is 0. The van der Waals surface area contributed by atoms with E-state index in [1.54, 1.807) is 11.7 Å². The number of rotatable bonds is 4. The van der Waals surface area contributed by atoms with Gasteiger partial charge in [0.25, 0.3) is 0 Å². The van der Waals surface area contributed by atoms with Gasteiger partial charge in [-0.25, -0.2) is 4.79 Å². The van der Waals surface area contributed by atoms with Crippen LogP contribution in [0, 0.1) is 0 Å². The topological polar surface area (TPSA) is 44.1 Å². The van der Waals surface area contributed by atoms with E-state index in [1.807, 2.05) is 42.5 Å². The second-order valence-electron chi connectivity index (χ2n) is 6.01. The van der Waals surface area contributed by atoms with Gasteiger partial charge in [0.2, 0.25) is 0 Å². The number of para-hydroxylation sites is 1. The van der Waals surface area contributed by atoms with Gasteiger partial charge in [-0.3, -0.25) is 4.57 Å². The molecule has 1 fully saturated rings. The largest absolute Gasteiger partial charge is 0.497 e. The molecule has 23 heavy (non-hydrogen) atoms. The first kappa shape index (κ1) is 14.0. The second kappa shape index (κ2) is 5.54. The normalized spacial score (nSPS) is 14.1. The molecule has 1 aliphatic rings. The predicted molar refractivity (Wildman–Crippen MR) is 90.1 cm³/mol. The van der Waals surface area contributed by atoms with E-state index in [9.17, 15) is 4.79 Å². The summed E-state index contributed by atoms with van der Waals surface area (Å²) in [5, 5.41) is 1.10. The highest BCUT2D eigenvalue weighted by atomic mass is 16.5. The summed E-state index contributed by atoms with van der Waals surface area (Å²) in [6, 6.07) is 15.8. The molecule has 0 amide bonds. The maximum absolute atomic E-state index is 12.5. The fraction of sp³-hybridized carbons (Fsp3) is 0.263. The Morgan fingerprint density at radius 1 is 1.13 bits per heavy atom. The van der Waals surface area contributed by atoms with Crippen molar-refractivity contribution in [2.75, 3.05) is 7.11 Å². The monoisotopic (exact) mass is 306 g/mol. The van der Waals surface area contributed by atoms with E-state index in [2.05, 4.69) is 11.1 Å². The standard InChI is InChI=1S/C19H18N2O2/c1-23-15-10-6-13(7-11-15)12-21-17-5-3-2-4-16(17)18(14-8-9-14)20-19(21)22/h2-7,10-11,14H,8-9,12H2,1H3. The van der Waals surface area contributed by atoms with Crippen LogP contribution in [0.1, 0.15) is 30.0 Å². The van der Waals surface area contributed by atoms with Crippen LogP contribution in [0.4, 0.5) is 0 Å². The van der Waals surface area contributed by atoms with Crippen molar-refractivity contribution < 1.29 is 4.74 Å². The van der Waals surface area contributed by atoms with Crippen molar-refractivity contribution in [3.8, 4) is 5.75 Å². The molecule has 1 aliphatic carbocycles. The molecule has 0 atom stereocenters. The molecule has 116 valence electrons. The van der Waals surface area contributed by atoms with Gasteiger partial charge in [-0.1, -0.05) is 30.3 Å². The molecule has 0 unspecified atom stereocenters. The molecule has 0 aliphatic heterocycles. The van der Waals surface area contributed by atoms with Crippen molar-refractivity contribution in [2.45, 2.75) is 25.3 Å².